The van der Waals surface area contributed by atoms with Crippen LogP contribution in [0.1, 0.15) is 43.6 Å². The molecule has 0 spiro atoms. The summed E-state index contributed by atoms with van der Waals surface area (Å²) in [6.07, 6.45) is 6.51. The van der Waals surface area contributed by atoms with Gasteiger partial charge in [0.25, 0.3) is 0 Å². The van der Waals surface area contributed by atoms with E-state index in [1.807, 2.05) is 12.1 Å². The number of rotatable bonds is 4. The largest absolute Gasteiger partial charge is 0.207 e. The van der Waals surface area contributed by atoms with Gasteiger partial charge in [-0.25, -0.2) is 4.39 Å². The molecule has 1 aliphatic rings. The second kappa shape index (κ2) is 5.81. The zero-order chi connectivity index (χ0) is 11.4. The van der Waals surface area contributed by atoms with Crippen molar-refractivity contribution in [3.63, 3.8) is 0 Å². The molecule has 0 radical (unpaired) electrons. The molecular formula is C14H18BrF. The maximum atomic E-state index is 13.7. The number of hydrogen-bond acceptors (Lipinski definition) is 0. The van der Waals surface area contributed by atoms with E-state index in [1.165, 1.54) is 25.7 Å². The third-order valence-corrected chi connectivity index (χ3v) is 4.41. The van der Waals surface area contributed by atoms with E-state index in [2.05, 4.69) is 15.9 Å². The Morgan fingerprint density at radius 2 is 1.94 bits per heavy atom. The molecule has 1 fully saturated rings. The lowest BCUT2D eigenvalue weighted by Crippen LogP contribution is -2.08. The van der Waals surface area contributed by atoms with Gasteiger partial charge in [0, 0.05) is 5.33 Å². The normalized spacial score (nSPS) is 18.9. The van der Waals surface area contributed by atoms with Gasteiger partial charge in [-0.1, -0.05) is 59.8 Å². The van der Waals surface area contributed by atoms with Gasteiger partial charge in [-0.3, -0.25) is 0 Å². The predicted molar refractivity (Wildman–Crippen MR) is 69.5 cm³/mol. The summed E-state index contributed by atoms with van der Waals surface area (Å²) in [4.78, 5) is 0. The Morgan fingerprint density at radius 3 is 2.56 bits per heavy atom. The molecule has 0 N–H and O–H groups in total. The number of benzene rings is 1. The van der Waals surface area contributed by atoms with Crippen LogP contribution in [0, 0.1) is 11.7 Å². The van der Waals surface area contributed by atoms with Crippen molar-refractivity contribution < 1.29 is 4.39 Å². The molecule has 0 saturated heterocycles. The summed E-state index contributed by atoms with van der Waals surface area (Å²) < 4.78 is 13.7. The quantitative estimate of drug-likeness (QED) is 0.691. The summed E-state index contributed by atoms with van der Waals surface area (Å²) in [7, 11) is 0. The highest BCUT2D eigenvalue weighted by atomic mass is 79.9. The standard InChI is InChI=1S/C14H18BrF/c15-10-12(9-11-5-1-2-6-11)13-7-3-4-8-14(13)16/h3-4,7-8,11-12H,1-2,5-6,9-10H2. The van der Waals surface area contributed by atoms with Gasteiger partial charge in [-0.05, 0) is 29.9 Å². The van der Waals surface area contributed by atoms with Crippen molar-refractivity contribution in [3.8, 4) is 0 Å². The summed E-state index contributed by atoms with van der Waals surface area (Å²) in [5, 5.41) is 0.866. The first-order valence-corrected chi connectivity index (χ1v) is 7.23. The number of halogens is 2. The maximum Gasteiger partial charge on any atom is 0.126 e. The van der Waals surface area contributed by atoms with Crippen molar-refractivity contribution in [2.24, 2.45) is 5.92 Å². The zero-order valence-electron chi connectivity index (χ0n) is 9.46. The van der Waals surface area contributed by atoms with Crippen LogP contribution in [-0.4, -0.2) is 5.33 Å². The number of hydrogen-bond donors (Lipinski definition) is 0. The van der Waals surface area contributed by atoms with Crippen LogP contribution in [0.3, 0.4) is 0 Å². The van der Waals surface area contributed by atoms with E-state index in [-0.39, 0.29) is 5.82 Å². The Kier molecular flexibility index (Phi) is 4.39. The summed E-state index contributed by atoms with van der Waals surface area (Å²) in [6, 6.07) is 7.19. The molecule has 1 atom stereocenters. The Morgan fingerprint density at radius 1 is 1.25 bits per heavy atom. The van der Waals surface area contributed by atoms with Gasteiger partial charge in [-0.15, -0.1) is 0 Å². The molecule has 0 aliphatic heterocycles. The van der Waals surface area contributed by atoms with E-state index >= 15 is 0 Å². The first kappa shape index (κ1) is 12.1. The van der Waals surface area contributed by atoms with Gasteiger partial charge in [0.15, 0.2) is 0 Å². The fourth-order valence-corrected chi connectivity index (χ4v) is 3.34. The van der Waals surface area contributed by atoms with Crippen LogP contribution < -0.4 is 0 Å². The maximum absolute atomic E-state index is 13.7. The van der Waals surface area contributed by atoms with Crippen molar-refractivity contribution in [2.45, 2.75) is 38.0 Å². The molecule has 1 unspecified atom stereocenters. The minimum atomic E-state index is -0.0510. The fraction of sp³-hybridized carbons (Fsp3) is 0.571. The van der Waals surface area contributed by atoms with Gasteiger partial charge in [0.2, 0.25) is 0 Å². The average molecular weight is 285 g/mol. The Bertz CT molecular complexity index is 331. The summed E-state index contributed by atoms with van der Waals surface area (Å²) in [5.74, 6) is 1.09. The lowest BCUT2D eigenvalue weighted by molar-refractivity contribution is 0.454. The lowest BCUT2D eigenvalue weighted by Gasteiger charge is -2.19. The molecule has 1 aromatic rings. The topological polar surface area (TPSA) is 0 Å². The van der Waals surface area contributed by atoms with Gasteiger partial charge < -0.3 is 0 Å². The second-order valence-electron chi connectivity index (χ2n) is 4.76. The van der Waals surface area contributed by atoms with Crippen molar-refractivity contribution in [2.75, 3.05) is 5.33 Å². The van der Waals surface area contributed by atoms with Crippen LogP contribution in [0.2, 0.25) is 0 Å². The molecule has 1 aromatic carbocycles. The fourth-order valence-electron chi connectivity index (χ4n) is 2.73. The van der Waals surface area contributed by atoms with E-state index in [1.54, 1.807) is 12.1 Å². The molecule has 2 heteroatoms. The van der Waals surface area contributed by atoms with Crippen molar-refractivity contribution >= 4 is 15.9 Å². The molecular weight excluding hydrogens is 267 g/mol. The molecule has 1 aliphatic carbocycles. The van der Waals surface area contributed by atoms with Crippen molar-refractivity contribution in [1.29, 1.82) is 0 Å². The van der Waals surface area contributed by atoms with Crippen LogP contribution in [0.4, 0.5) is 4.39 Å². The monoisotopic (exact) mass is 284 g/mol. The van der Waals surface area contributed by atoms with Crippen LogP contribution in [0.15, 0.2) is 24.3 Å². The molecule has 2 rings (SSSR count). The van der Waals surface area contributed by atoms with Gasteiger partial charge in [-0.2, -0.15) is 0 Å². The predicted octanol–water partition coefficient (Wildman–Crippen LogP) is 4.88. The van der Waals surface area contributed by atoms with Crippen LogP contribution in [0.25, 0.3) is 0 Å². The second-order valence-corrected chi connectivity index (χ2v) is 5.41. The van der Waals surface area contributed by atoms with E-state index < -0.39 is 0 Å². The smallest absolute Gasteiger partial charge is 0.126 e. The van der Waals surface area contributed by atoms with E-state index in [0.717, 1.165) is 23.2 Å². The molecule has 0 heterocycles. The Labute approximate surface area is 105 Å². The highest BCUT2D eigenvalue weighted by Gasteiger charge is 2.22. The van der Waals surface area contributed by atoms with Gasteiger partial charge >= 0.3 is 0 Å². The molecule has 0 amide bonds. The van der Waals surface area contributed by atoms with Crippen LogP contribution >= 0.6 is 15.9 Å². The SMILES string of the molecule is Fc1ccccc1C(CBr)CC1CCCC1. The van der Waals surface area contributed by atoms with Crippen molar-refractivity contribution in [3.05, 3.63) is 35.6 Å². The van der Waals surface area contributed by atoms with Crippen LogP contribution in [0.5, 0.6) is 0 Å². The van der Waals surface area contributed by atoms with Crippen molar-refractivity contribution in [1.82, 2.24) is 0 Å². The number of alkyl halides is 1. The molecule has 0 nitrogen and oxygen atoms in total. The summed E-state index contributed by atoms with van der Waals surface area (Å²) in [5.41, 5.74) is 0.881. The van der Waals surface area contributed by atoms with Gasteiger partial charge in [0.1, 0.15) is 5.82 Å². The molecule has 1 saturated carbocycles. The Hall–Kier alpha value is -0.370. The minimum Gasteiger partial charge on any atom is -0.207 e. The zero-order valence-corrected chi connectivity index (χ0v) is 11.0. The average Bonchev–Trinajstić information content (AvgIpc) is 2.80. The van der Waals surface area contributed by atoms with E-state index in [0.29, 0.717) is 5.92 Å². The molecule has 16 heavy (non-hydrogen) atoms. The van der Waals surface area contributed by atoms with E-state index in [4.69, 9.17) is 0 Å². The first-order chi connectivity index (χ1) is 7.81. The minimum absolute atomic E-state index is 0.0510. The van der Waals surface area contributed by atoms with Gasteiger partial charge in [0.05, 0.1) is 0 Å². The highest BCUT2D eigenvalue weighted by Crippen LogP contribution is 2.35. The Balaban J connectivity index is 2.06. The molecule has 0 aromatic heterocycles. The van der Waals surface area contributed by atoms with E-state index in [9.17, 15) is 4.39 Å². The molecule has 0 bridgehead atoms. The third kappa shape index (κ3) is 2.85. The lowest BCUT2D eigenvalue weighted by atomic mass is 9.89. The van der Waals surface area contributed by atoms with Crippen LogP contribution in [-0.2, 0) is 0 Å². The summed E-state index contributed by atoms with van der Waals surface area (Å²) in [6.45, 7) is 0. The third-order valence-electron chi connectivity index (χ3n) is 3.62. The molecule has 88 valence electrons. The first-order valence-electron chi connectivity index (χ1n) is 6.11. The highest BCUT2D eigenvalue weighted by molar-refractivity contribution is 9.09. The summed E-state index contributed by atoms with van der Waals surface area (Å²) >= 11 is 3.53.